The van der Waals surface area contributed by atoms with E-state index in [1.54, 1.807) is 0 Å². The molecule has 1 aromatic rings. The zero-order chi connectivity index (χ0) is 10.7. The average molecular weight is 205 g/mol. The van der Waals surface area contributed by atoms with E-state index in [9.17, 15) is 0 Å². The first-order chi connectivity index (χ1) is 7.31. The van der Waals surface area contributed by atoms with Crippen molar-refractivity contribution in [1.29, 1.82) is 0 Å². The lowest BCUT2D eigenvalue weighted by Gasteiger charge is -2.14. The third-order valence-electron chi connectivity index (χ3n) is 3.04. The summed E-state index contributed by atoms with van der Waals surface area (Å²) in [5.74, 6) is 0.952. The van der Waals surface area contributed by atoms with Crippen molar-refractivity contribution >= 4 is 0 Å². The van der Waals surface area contributed by atoms with Crippen molar-refractivity contribution in [2.75, 3.05) is 6.61 Å². The molecule has 0 aromatic heterocycles. The van der Waals surface area contributed by atoms with Crippen LogP contribution in [0, 0.1) is 0 Å². The van der Waals surface area contributed by atoms with Gasteiger partial charge < -0.3 is 10.5 Å². The number of aryl methyl sites for hydroxylation is 1. The molecule has 1 aliphatic carbocycles. The number of benzene rings is 1. The van der Waals surface area contributed by atoms with E-state index in [2.05, 4.69) is 18.2 Å². The molecule has 15 heavy (non-hydrogen) atoms. The van der Waals surface area contributed by atoms with Crippen molar-refractivity contribution in [3.8, 4) is 5.75 Å². The van der Waals surface area contributed by atoms with Crippen LogP contribution < -0.4 is 10.5 Å². The van der Waals surface area contributed by atoms with E-state index in [1.807, 2.05) is 6.92 Å². The van der Waals surface area contributed by atoms with Gasteiger partial charge in [0, 0.05) is 6.04 Å². The number of hydrogen-bond acceptors (Lipinski definition) is 2. The minimum Gasteiger partial charge on any atom is -0.494 e. The molecule has 0 spiro atoms. The Morgan fingerprint density at radius 3 is 3.07 bits per heavy atom. The van der Waals surface area contributed by atoms with Gasteiger partial charge in [0.05, 0.1) is 6.61 Å². The summed E-state index contributed by atoms with van der Waals surface area (Å²) >= 11 is 0. The van der Waals surface area contributed by atoms with E-state index in [0.29, 0.717) is 6.61 Å². The second-order valence-electron chi connectivity index (χ2n) is 4.15. The summed E-state index contributed by atoms with van der Waals surface area (Å²) in [6.45, 7) is 2.72. The van der Waals surface area contributed by atoms with Crippen molar-refractivity contribution in [1.82, 2.24) is 0 Å². The molecule has 1 unspecified atom stereocenters. The maximum Gasteiger partial charge on any atom is 0.119 e. The molecule has 0 aliphatic heterocycles. The van der Waals surface area contributed by atoms with Gasteiger partial charge in [-0.3, -0.25) is 0 Å². The Hall–Kier alpha value is -1.02. The predicted molar refractivity (Wildman–Crippen MR) is 62.1 cm³/mol. The van der Waals surface area contributed by atoms with Crippen molar-refractivity contribution < 1.29 is 4.74 Å². The fraction of sp³-hybridized carbons (Fsp3) is 0.538. The smallest absolute Gasteiger partial charge is 0.119 e. The molecule has 2 nitrogen and oxygen atoms in total. The predicted octanol–water partition coefficient (Wildman–Crippen LogP) is 2.81. The van der Waals surface area contributed by atoms with E-state index in [-0.39, 0.29) is 6.04 Å². The summed E-state index contributed by atoms with van der Waals surface area (Å²) in [5, 5.41) is 0. The third-order valence-corrected chi connectivity index (χ3v) is 3.04. The molecule has 1 atom stereocenters. The van der Waals surface area contributed by atoms with Crippen molar-refractivity contribution in [2.45, 2.75) is 38.6 Å². The Labute approximate surface area is 91.4 Å². The highest BCUT2D eigenvalue weighted by molar-refractivity contribution is 5.38. The van der Waals surface area contributed by atoms with Gasteiger partial charge in [0.2, 0.25) is 0 Å². The van der Waals surface area contributed by atoms with Crippen LogP contribution in [-0.4, -0.2) is 6.61 Å². The van der Waals surface area contributed by atoms with Gasteiger partial charge in [0.25, 0.3) is 0 Å². The molecule has 2 N–H and O–H groups in total. The van der Waals surface area contributed by atoms with E-state index in [0.717, 1.165) is 18.6 Å². The molecule has 0 fully saturated rings. The summed E-state index contributed by atoms with van der Waals surface area (Å²) < 4.78 is 5.51. The average Bonchev–Trinajstić information content (AvgIpc) is 2.42. The number of ether oxygens (including phenoxy) is 1. The second kappa shape index (κ2) is 4.67. The Morgan fingerprint density at radius 2 is 2.27 bits per heavy atom. The highest BCUT2D eigenvalue weighted by Gasteiger charge is 2.15. The van der Waals surface area contributed by atoms with Crippen LogP contribution in [0.3, 0.4) is 0 Å². The summed E-state index contributed by atoms with van der Waals surface area (Å²) in [5.41, 5.74) is 8.85. The minimum atomic E-state index is 0.197. The molecule has 0 bridgehead atoms. The maximum atomic E-state index is 6.16. The lowest BCUT2D eigenvalue weighted by molar-refractivity contribution is 0.339. The van der Waals surface area contributed by atoms with Crippen LogP contribution in [-0.2, 0) is 6.42 Å². The van der Waals surface area contributed by atoms with Gasteiger partial charge in [0.15, 0.2) is 0 Å². The van der Waals surface area contributed by atoms with Gasteiger partial charge in [-0.1, -0.05) is 12.5 Å². The standard InChI is InChI=1S/C13H19NO/c1-2-15-11-8-7-10-5-3-4-6-13(14)12(10)9-11/h7-9,13H,2-6,14H2,1H3. The van der Waals surface area contributed by atoms with Crippen LogP contribution in [0.4, 0.5) is 0 Å². The number of fused-ring (bicyclic) bond motifs is 1. The molecule has 2 rings (SSSR count). The van der Waals surface area contributed by atoms with Crippen LogP contribution in [0.1, 0.15) is 43.4 Å². The zero-order valence-corrected chi connectivity index (χ0v) is 9.33. The van der Waals surface area contributed by atoms with Crippen LogP contribution in [0.5, 0.6) is 5.75 Å². The molecule has 0 saturated carbocycles. The first-order valence-corrected chi connectivity index (χ1v) is 5.82. The second-order valence-corrected chi connectivity index (χ2v) is 4.15. The Balaban J connectivity index is 2.31. The maximum absolute atomic E-state index is 6.16. The number of nitrogens with two attached hydrogens (primary N) is 1. The topological polar surface area (TPSA) is 35.2 Å². The normalized spacial score (nSPS) is 20.5. The van der Waals surface area contributed by atoms with Gasteiger partial charge in [-0.15, -0.1) is 0 Å². The van der Waals surface area contributed by atoms with Gasteiger partial charge in [-0.25, -0.2) is 0 Å². The van der Waals surface area contributed by atoms with Crippen molar-refractivity contribution in [3.05, 3.63) is 29.3 Å². The van der Waals surface area contributed by atoms with E-state index < -0.39 is 0 Å². The van der Waals surface area contributed by atoms with E-state index in [4.69, 9.17) is 10.5 Å². The van der Waals surface area contributed by atoms with Gasteiger partial charge in [-0.05, 0) is 49.4 Å². The van der Waals surface area contributed by atoms with Crippen LogP contribution >= 0.6 is 0 Å². The molecule has 0 radical (unpaired) electrons. The van der Waals surface area contributed by atoms with Gasteiger partial charge >= 0.3 is 0 Å². The Bertz CT molecular complexity index is 335. The highest BCUT2D eigenvalue weighted by Crippen LogP contribution is 2.29. The zero-order valence-electron chi connectivity index (χ0n) is 9.33. The molecule has 82 valence electrons. The molecule has 1 aromatic carbocycles. The molecule has 0 saturated heterocycles. The van der Waals surface area contributed by atoms with E-state index in [1.165, 1.54) is 24.0 Å². The summed E-state index contributed by atoms with van der Waals surface area (Å²) in [7, 11) is 0. The summed E-state index contributed by atoms with van der Waals surface area (Å²) in [6.07, 6.45) is 4.76. The fourth-order valence-corrected chi connectivity index (χ4v) is 2.24. The lowest BCUT2D eigenvalue weighted by Crippen LogP contribution is -2.10. The molecular formula is C13H19NO. The molecule has 0 heterocycles. The molecule has 2 heteroatoms. The van der Waals surface area contributed by atoms with Crippen molar-refractivity contribution in [2.24, 2.45) is 5.73 Å². The molecule has 0 amide bonds. The minimum absolute atomic E-state index is 0.197. The largest absolute Gasteiger partial charge is 0.494 e. The Morgan fingerprint density at radius 1 is 1.40 bits per heavy atom. The van der Waals surface area contributed by atoms with E-state index >= 15 is 0 Å². The summed E-state index contributed by atoms with van der Waals surface area (Å²) in [4.78, 5) is 0. The Kier molecular flexibility index (Phi) is 3.27. The molecule has 1 aliphatic rings. The number of hydrogen-bond donors (Lipinski definition) is 1. The fourth-order valence-electron chi connectivity index (χ4n) is 2.24. The summed E-state index contributed by atoms with van der Waals surface area (Å²) in [6, 6.07) is 6.55. The monoisotopic (exact) mass is 205 g/mol. The van der Waals surface area contributed by atoms with Gasteiger partial charge in [0.1, 0.15) is 5.75 Å². The third kappa shape index (κ3) is 2.32. The molecular weight excluding hydrogens is 186 g/mol. The number of rotatable bonds is 2. The van der Waals surface area contributed by atoms with Crippen LogP contribution in [0.2, 0.25) is 0 Å². The lowest BCUT2D eigenvalue weighted by atomic mass is 9.99. The van der Waals surface area contributed by atoms with Crippen LogP contribution in [0.25, 0.3) is 0 Å². The first kappa shape index (κ1) is 10.5. The quantitative estimate of drug-likeness (QED) is 0.753. The van der Waals surface area contributed by atoms with Gasteiger partial charge in [-0.2, -0.15) is 0 Å². The highest BCUT2D eigenvalue weighted by atomic mass is 16.5. The SMILES string of the molecule is CCOc1ccc2c(c1)C(N)CCCC2. The van der Waals surface area contributed by atoms with Crippen molar-refractivity contribution in [3.63, 3.8) is 0 Å². The van der Waals surface area contributed by atoms with Crippen LogP contribution in [0.15, 0.2) is 18.2 Å². The first-order valence-electron chi connectivity index (χ1n) is 5.82.